The molecule has 0 saturated carbocycles. The molecule has 0 unspecified atom stereocenters. The van der Waals surface area contributed by atoms with Gasteiger partial charge in [0.2, 0.25) is 10.0 Å². The minimum atomic E-state index is -3.58. The van der Waals surface area contributed by atoms with Crippen LogP contribution in [0, 0.1) is 0 Å². The van der Waals surface area contributed by atoms with Crippen LogP contribution in [0.1, 0.15) is 26.8 Å². The monoisotopic (exact) mass is 239 g/mol. The van der Waals surface area contributed by atoms with Crippen molar-refractivity contribution in [1.82, 2.24) is 0 Å². The zero-order valence-electron chi connectivity index (χ0n) is 9.69. The van der Waals surface area contributed by atoms with Crippen LogP contribution in [-0.4, -0.2) is 8.42 Å². The summed E-state index contributed by atoms with van der Waals surface area (Å²) in [5.41, 5.74) is 0.769. The van der Waals surface area contributed by atoms with Gasteiger partial charge in [0.15, 0.2) is 0 Å². The Balaban J connectivity index is 0. The third-order valence-corrected chi connectivity index (χ3v) is 2.83. The van der Waals surface area contributed by atoms with Crippen molar-refractivity contribution in [3.63, 3.8) is 0 Å². The molecule has 0 amide bonds. The van der Waals surface area contributed by atoms with Gasteiger partial charge in [-0.2, -0.15) is 0 Å². The number of primary sulfonamides is 1. The molecule has 0 saturated heterocycles. The zero-order valence-corrected chi connectivity index (χ0v) is 12.6. The van der Waals surface area contributed by atoms with E-state index in [4.69, 9.17) is 5.14 Å². The van der Waals surface area contributed by atoms with Crippen LogP contribution in [0.15, 0.2) is 29.2 Å². The molecule has 0 atom stereocenters. The zero-order chi connectivity index (χ0) is 10.1. The molecule has 0 fully saturated rings. The molecule has 2 N–H and O–H groups in total. The van der Waals surface area contributed by atoms with Crippen LogP contribution in [0.2, 0.25) is 0 Å². The summed E-state index contributed by atoms with van der Waals surface area (Å²) in [4.78, 5) is 0.227. The first-order valence-electron chi connectivity index (χ1n) is 4.04. The molecule has 5 heteroatoms. The van der Waals surface area contributed by atoms with E-state index in [1.807, 2.05) is 19.9 Å². The summed E-state index contributed by atoms with van der Waals surface area (Å²) in [6, 6.07) is 6.80. The summed E-state index contributed by atoms with van der Waals surface area (Å²) in [6.45, 7) is 3.87. The van der Waals surface area contributed by atoms with Crippen LogP contribution >= 0.6 is 0 Å². The minimum absolute atomic E-state index is 0. The van der Waals surface area contributed by atoms with Gasteiger partial charge in [0.25, 0.3) is 0 Å². The summed E-state index contributed by atoms with van der Waals surface area (Å²) in [7, 11) is -3.58. The maximum atomic E-state index is 11.1. The van der Waals surface area contributed by atoms with E-state index < -0.39 is 10.0 Å². The van der Waals surface area contributed by atoms with Crippen molar-refractivity contribution in [2.45, 2.75) is 24.7 Å². The maximum Gasteiger partial charge on any atom is 1.00 e. The summed E-state index contributed by atoms with van der Waals surface area (Å²) >= 11 is 0. The Hall–Kier alpha value is 0.766. The van der Waals surface area contributed by atoms with Gasteiger partial charge in [0.1, 0.15) is 0 Å². The van der Waals surface area contributed by atoms with Gasteiger partial charge in [0, 0.05) is 0 Å². The van der Waals surface area contributed by atoms with E-state index in [-0.39, 0.29) is 63.6 Å². The smallest absolute Gasteiger partial charge is 1.00 e. The van der Waals surface area contributed by atoms with Crippen LogP contribution in [-0.2, 0) is 10.0 Å². The van der Waals surface area contributed by atoms with Gasteiger partial charge in [-0.25, -0.2) is 13.6 Å². The maximum absolute atomic E-state index is 11.1. The second-order valence-corrected chi connectivity index (χ2v) is 4.77. The molecule has 0 aliphatic rings. The summed E-state index contributed by atoms with van der Waals surface area (Å²) in [5.74, 6) is 0.162. The molecule has 1 rings (SSSR count). The molecule has 0 heterocycles. The van der Waals surface area contributed by atoms with Gasteiger partial charge in [-0.1, -0.05) is 32.0 Å². The third-order valence-electron chi connectivity index (χ3n) is 1.85. The van der Waals surface area contributed by atoms with Gasteiger partial charge in [0.05, 0.1) is 4.90 Å². The van der Waals surface area contributed by atoms with Crippen LogP contribution < -0.4 is 56.5 Å². The Bertz CT molecular complexity index is 406. The predicted octanol–water partition coefficient (Wildman–Crippen LogP) is -1.43. The molecule has 3 nitrogen and oxygen atoms in total. The fourth-order valence-corrected chi connectivity index (χ4v) is 2.12. The van der Waals surface area contributed by atoms with Gasteiger partial charge in [-0.05, 0) is 17.5 Å². The summed E-state index contributed by atoms with van der Waals surface area (Å²) in [5, 5.41) is 5.07. The number of nitrogens with two attached hydrogens (primary N) is 1. The largest absolute Gasteiger partial charge is 1.00 e. The first-order chi connectivity index (χ1) is 5.93. The standard InChI is InChI=1S/C9H13NO2S.K.H/c1-7(2)8-5-3-4-6-9(8)13(10,11)12;;/h3-7H,1-2H3,(H2,10,11,12);;/q;+1;-1. The second-order valence-electron chi connectivity index (χ2n) is 3.24. The fourth-order valence-electron chi connectivity index (χ4n) is 1.22. The first-order valence-corrected chi connectivity index (χ1v) is 5.59. The minimum Gasteiger partial charge on any atom is -1.00 e. The number of hydrogen-bond acceptors (Lipinski definition) is 2. The Labute approximate surface area is 129 Å². The molecule has 1 aromatic carbocycles. The van der Waals surface area contributed by atoms with Crippen molar-refractivity contribution >= 4 is 10.0 Å². The molecule has 0 aliphatic heterocycles. The van der Waals surface area contributed by atoms with Crippen LogP contribution in [0.4, 0.5) is 0 Å². The van der Waals surface area contributed by atoms with E-state index >= 15 is 0 Å². The predicted molar refractivity (Wildman–Crippen MR) is 53.0 cm³/mol. The van der Waals surface area contributed by atoms with E-state index in [0.29, 0.717) is 0 Å². The summed E-state index contributed by atoms with van der Waals surface area (Å²) < 4.78 is 22.3. The average molecular weight is 239 g/mol. The van der Waals surface area contributed by atoms with E-state index in [9.17, 15) is 8.42 Å². The van der Waals surface area contributed by atoms with E-state index in [1.165, 1.54) is 6.07 Å². The fraction of sp³-hybridized carbons (Fsp3) is 0.333. The normalized spacial score (nSPS) is 11.1. The Kier molecular flexibility index (Phi) is 6.06. The van der Waals surface area contributed by atoms with E-state index in [1.54, 1.807) is 12.1 Å². The molecular weight excluding hydrogens is 225 g/mol. The van der Waals surface area contributed by atoms with Gasteiger partial charge in [-0.15, -0.1) is 0 Å². The number of benzene rings is 1. The molecule has 0 aromatic heterocycles. The van der Waals surface area contributed by atoms with Crippen molar-refractivity contribution in [2.24, 2.45) is 5.14 Å². The van der Waals surface area contributed by atoms with Crippen LogP contribution in [0.3, 0.4) is 0 Å². The Morgan fingerprint density at radius 2 is 1.79 bits per heavy atom. The molecule has 14 heavy (non-hydrogen) atoms. The Morgan fingerprint density at radius 1 is 1.29 bits per heavy atom. The molecular formula is C9H14KNO2S. The van der Waals surface area contributed by atoms with E-state index in [0.717, 1.165) is 5.56 Å². The second kappa shape index (κ2) is 5.74. The van der Waals surface area contributed by atoms with Gasteiger partial charge >= 0.3 is 51.4 Å². The molecule has 0 spiro atoms. The number of rotatable bonds is 2. The topological polar surface area (TPSA) is 60.2 Å². The number of hydrogen-bond donors (Lipinski definition) is 1. The van der Waals surface area contributed by atoms with Crippen LogP contribution in [0.5, 0.6) is 0 Å². The first kappa shape index (κ1) is 14.8. The molecule has 0 bridgehead atoms. The third kappa shape index (κ3) is 3.73. The van der Waals surface area contributed by atoms with Crippen molar-refractivity contribution < 1.29 is 61.2 Å². The SMILES string of the molecule is CC(C)c1ccccc1S(N)(=O)=O.[H-].[K+]. The van der Waals surface area contributed by atoms with Gasteiger partial charge < -0.3 is 1.43 Å². The van der Waals surface area contributed by atoms with Crippen molar-refractivity contribution in [1.29, 1.82) is 0 Å². The van der Waals surface area contributed by atoms with Crippen molar-refractivity contribution in [3.8, 4) is 0 Å². The summed E-state index contributed by atoms with van der Waals surface area (Å²) in [6.07, 6.45) is 0. The Morgan fingerprint density at radius 3 is 2.14 bits per heavy atom. The van der Waals surface area contributed by atoms with E-state index in [2.05, 4.69) is 0 Å². The van der Waals surface area contributed by atoms with Crippen molar-refractivity contribution in [2.75, 3.05) is 0 Å². The molecule has 0 aliphatic carbocycles. The van der Waals surface area contributed by atoms with Crippen LogP contribution in [0.25, 0.3) is 0 Å². The molecule has 74 valence electrons. The average Bonchev–Trinajstić information content (AvgIpc) is 2.03. The van der Waals surface area contributed by atoms with Gasteiger partial charge in [-0.3, -0.25) is 0 Å². The molecule has 1 aromatic rings. The molecule has 0 radical (unpaired) electrons. The number of sulfonamides is 1. The van der Waals surface area contributed by atoms with Crippen molar-refractivity contribution in [3.05, 3.63) is 29.8 Å². The quantitative estimate of drug-likeness (QED) is 0.644.